The van der Waals surface area contributed by atoms with E-state index in [1.54, 1.807) is 0 Å². The summed E-state index contributed by atoms with van der Waals surface area (Å²) < 4.78 is 27.3. The van der Waals surface area contributed by atoms with Crippen molar-refractivity contribution in [3.63, 3.8) is 0 Å². The fraction of sp³-hybridized carbons (Fsp3) is 0. The van der Waals surface area contributed by atoms with Gasteiger partial charge >= 0.3 is 0 Å². The van der Waals surface area contributed by atoms with Crippen LogP contribution in [-0.2, 0) is 9.63 Å². The third kappa shape index (κ3) is 2.02. The summed E-state index contributed by atoms with van der Waals surface area (Å²) in [4.78, 5) is 0. The van der Waals surface area contributed by atoms with Crippen LogP contribution in [0.1, 0.15) is 0 Å². The van der Waals surface area contributed by atoms with E-state index >= 15 is 0 Å². The van der Waals surface area contributed by atoms with Crippen LogP contribution < -0.4 is 0 Å². The van der Waals surface area contributed by atoms with Crippen LogP contribution in [0.25, 0.3) is 0 Å². The zero-order chi connectivity index (χ0) is 6.86. The summed E-state index contributed by atoms with van der Waals surface area (Å²) in [6.07, 6.45) is 0. The molecule has 0 aromatic heterocycles. The van der Waals surface area contributed by atoms with Crippen LogP contribution in [0.2, 0.25) is 0 Å². The van der Waals surface area contributed by atoms with Crippen LogP contribution in [0.3, 0.4) is 0 Å². The minimum absolute atomic E-state index is 0.560. The van der Waals surface area contributed by atoms with E-state index in [1.807, 2.05) is 0 Å². The van der Waals surface area contributed by atoms with Gasteiger partial charge in [-0.3, -0.25) is 0 Å². The highest BCUT2D eigenvalue weighted by Gasteiger charge is 2.18. The molecule has 48 valence electrons. The van der Waals surface area contributed by atoms with Crippen molar-refractivity contribution in [3.8, 4) is 0 Å². The van der Waals surface area contributed by atoms with Gasteiger partial charge in [-0.1, -0.05) is 13.2 Å². The minimum Gasteiger partial charge on any atom is -0.302 e. The Kier molecular flexibility index (Phi) is 1.43. The Morgan fingerprint density at radius 1 is 1.25 bits per heavy atom. The molecule has 3 nitrogen and oxygen atoms in total. The first-order valence-corrected chi connectivity index (χ1v) is 3.83. The molecule has 0 aliphatic heterocycles. The van der Waals surface area contributed by atoms with Crippen molar-refractivity contribution in [3.05, 3.63) is 24.0 Å². The normalized spacial score (nSPS) is 16.0. The molecule has 0 radical (unpaired) electrons. The van der Waals surface area contributed by atoms with E-state index in [0.29, 0.717) is 10.8 Å². The summed E-state index contributed by atoms with van der Waals surface area (Å²) in [7, 11) is -4.60. The Morgan fingerprint density at radius 2 is 1.50 bits per heavy atom. The topological polar surface area (TPSA) is 57.5 Å². The average molecular weight is 136 g/mol. The Morgan fingerprint density at radius 3 is 1.50 bits per heavy atom. The second kappa shape index (κ2) is 1.51. The monoisotopic (exact) mass is 136 g/mol. The van der Waals surface area contributed by atoms with Gasteiger partial charge in [0.2, 0.25) is 0 Å². The summed E-state index contributed by atoms with van der Waals surface area (Å²) in [5.41, 5.74) is 0. The zero-order valence-electron chi connectivity index (χ0n) is 4.28. The fourth-order valence-electron chi connectivity index (χ4n) is 0.0680. The molecule has 0 unspecified atom stereocenters. The molecule has 0 atom stereocenters. The van der Waals surface area contributed by atoms with Gasteiger partial charge in [-0.2, -0.15) is 0 Å². The van der Waals surface area contributed by atoms with Crippen LogP contribution in [0, 0.1) is 0 Å². The molecule has 0 saturated carbocycles. The number of rotatable bonds is 2. The maximum atomic E-state index is 10.4. The van der Waals surface area contributed by atoms with E-state index in [-0.39, 0.29) is 0 Å². The number of hydrogen-bond donors (Lipinski definition) is 2. The minimum atomic E-state index is -4.60. The molecular weight excluding hydrogens is 128 g/mol. The van der Waals surface area contributed by atoms with E-state index in [2.05, 4.69) is 13.2 Å². The smallest absolute Gasteiger partial charge is 0.121 e. The standard InChI is InChI=1S/C4H8O3S/c1-3-8(5,6,7)4-2/h3-4H,1-2H2,(H2,5,6,7). The van der Waals surface area contributed by atoms with E-state index in [0.717, 1.165) is 0 Å². The van der Waals surface area contributed by atoms with E-state index < -0.39 is 9.63 Å². The average Bonchev–Trinajstić information content (AvgIpc) is 1.68. The van der Waals surface area contributed by atoms with Gasteiger partial charge in [0.15, 0.2) is 0 Å². The molecule has 0 aliphatic carbocycles. The zero-order valence-corrected chi connectivity index (χ0v) is 5.10. The molecule has 0 heterocycles. The van der Waals surface area contributed by atoms with Crippen LogP contribution in [0.4, 0.5) is 0 Å². The SMILES string of the molecule is C=CS(=O)(O)(O)C=C. The Hall–Kier alpha value is -0.450. The second-order valence-electron chi connectivity index (χ2n) is 1.31. The highest BCUT2D eigenvalue weighted by atomic mass is 32.3. The van der Waals surface area contributed by atoms with Crippen molar-refractivity contribution < 1.29 is 13.3 Å². The molecule has 2 N–H and O–H groups in total. The van der Waals surface area contributed by atoms with Crippen molar-refractivity contribution >= 4 is 9.63 Å². The maximum Gasteiger partial charge on any atom is 0.121 e. The molecule has 0 saturated heterocycles. The quantitative estimate of drug-likeness (QED) is 0.596. The lowest BCUT2D eigenvalue weighted by atomic mass is 11.3. The van der Waals surface area contributed by atoms with E-state index in [4.69, 9.17) is 9.11 Å². The van der Waals surface area contributed by atoms with Gasteiger partial charge in [0.1, 0.15) is 9.63 Å². The van der Waals surface area contributed by atoms with Gasteiger partial charge in [-0.25, -0.2) is 4.21 Å². The lowest BCUT2D eigenvalue weighted by molar-refractivity contribution is 0.417. The predicted molar refractivity (Wildman–Crippen MR) is 33.8 cm³/mol. The molecular formula is C4H8O3S. The summed E-state index contributed by atoms with van der Waals surface area (Å²) in [6.45, 7) is 5.88. The van der Waals surface area contributed by atoms with E-state index in [9.17, 15) is 4.21 Å². The largest absolute Gasteiger partial charge is 0.302 e. The van der Waals surface area contributed by atoms with Crippen molar-refractivity contribution in [1.82, 2.24) is 0 Å². The fourth-order valence-corrected chi connectivity index (χ4v) is 0.204. The first-order valence-electron chi connectivity index (χ1n) is 1.82. The van der Waals surface area contributed by atoms with Gasteiger partial charge < -0.3 is 9.11 Å². The van der Waals surface area contributed by atoms with Gasteiger partial charge in [0, 0.05) is 10.8 Å². The summed E-state index contributed by atoms with van der Waals surface area (Å²) in [5, 5.41) is 1.12. The Balaban J connectivity index is 4.77. The summed E-state index contributed by atoms with van der Waals surface area (Å²) >= 11 is 0. The highest BCUT2D eigenvalue weighted by molar-refractivity contribution is 8.15. The predicted octanol–water partition coefficient (Wildman–Crippen LogP) is 1.04. The van der Waals surface area contributed by atoms with Crippen molar-refractivity contribution in [1.29, 1.82) is 0 Å². The highest BCUT2D eigenvalue weighted by Crippen LogP contribution is 2.16. The van der Waals surface area contributed by atoms with Crippen LogP contribution in [0.5, 0.6) is 0 Å². The van der Waals surface area contributed by atoms with Crippen molar-refractivity contribution in [2.45, 2.75) is 0 Å². The maximum absolute atomic E-state index is 10.4. The molecule has 8 heavy (non-hydrogen) atoms. The first-order chi connectivity index (χ1) is 3.39. The molecule has 0 spiro atoms. The first kappa shape index (κ1) is 7.55. The molecule has 0 aromatic rings. The van der Waals surface area contributed by atoms with Gasteiger partial charge in [-0.15, -0.1) is 0 Å². The van der Waals surface area contributed by atoms with Crippen LogP contribution in [0.15, 0.2) is 24.0 Å². The lowest BCUT2D eigenvalue weighted by Crippen LogP contribution is -2.22. The molecule has 0 fully saturated rings. The molecule has 0 rings (SSSR count). The summed E-state index contributed by atoms with van der Waals surface area (Å²) in [5.74, 6) is 0. The van der Waals surface area contributed by atoms with Gasteiger partial charge in [0.25, 0.3) is 0 Å². The van der Waals surface area contributed by atoms with Gasteiger partial charge in [-0.05, 0) is 0 Å². The number of hydrogen-bond acceptors (Lipinski definition) is 1. The van der Waals surface area contributed by atoms with Crippen LogP contribution >= 0.6 is 0 Å². The molecule has 0 aliphatic rings. The van der Waals surface area contributed by atoms with E-state index in [1.165, 1.54) is 0 Å². The van der Waals surface area contributed by atoms with Crippen molar-refractivity contribution in [2.24, 2.45) is 0 Å². The Labute approximate surface area is 47.8 Å². The van der Waals surface area contributed by atoms with Gasteiger partial charge in [0.05, 0.1) is 0 Å². The third-order valence-corrected chi connectivity index (χ3v) is 1.88. The molecule has 0 bridgehead atoms. The third-order valence-electron chi connectivity index (χ3n) is 0.627. The summed E-state index contributed by atoms with van der Waals surface area (Å²) in [6, 6.07) is 0. The molecule has 0 aromatic carbocycles. The Bertz CT molecular complexity index is 162. The lowest BCUT2D eigenvalue weighted by Gasteiger charge is -2.19. The second-order valence-corrected chi connectivity index (χ2v) is 3.94. The molecule has 4 heteroatoms. The van der Waals surface area contributed by atoms with Crippen LogP contribution in [-0.4, -0.2) is 13.3 Å². The van der Waals surface area contributed by atoms with Crippen molar-refractivity contribution in [2.75, 3.05) is 0 Å². The molecule has 0 amide bonds.